The van der Waals surface area contributed by atoms with E-state index in [1.54, 1.807) is 35.7 Å². The number of pyridine rings is 1. The fourth-order valence-corrected chi connectivity index (χ4v) is 2.61. The first-order valence-electron chi connectivity index (χ1n) is 6.69. The van der Waals surface area contributed by atoms with Gasteiger partial charge in [0.15, 0.2) is 11.5 Å². The monoisotopic (exact) mass is 322 g/mol. The van der Waals surface area contributed by atoms with Crippen LogP contribution in [0.2, 0.25) is 0 Å². The highest BCUT2D eigenvalue weighted by molar-refractivity contribution is 7.12. The molecular weight excluding hydrogens is 312 g/mol. The molecule has 0 spiro atoms. The summed E-state index contributed by atoms with van der Waals surface area (Å²) in [5, 5.41) is 11.9. The molecule has 0 saturated heterocycles. The molecule has 0 aromatic carbocycles. The summed E-state index contributed by atoms with van der Waals surface area (Å²) in [6, 6.07) is 3.76. The van der Waals surface area contributed by atoms with E-state index in [0.717, 1.165) is 16.1 Å². The highest BCUT2D eigenvalue weighted by Crippen LogP contribution is 2.22. The lowest BCUT2D eigenvalue weighted by Crippen LogP contribution is -1.99. The Morgan fingerprint density at radius 1 is 1.17 bits per heavy atom. The van der Waals surface area contributed by atoms with Crippen LogP contribution in [0, 0.1) is 0 Å². The lowest BCUT2D eigenvalue weighted by atomic mass is 10.3. The summed E-state index contributed by atoms with van der Waals surface area (Å²) < 4.78 is 1.68. The molecule has 0 unspecified atom stereocenters. The third kappa shape index (κ3) is 2.64. The summed E-state index contributed by atoms with van der Waals surface area (Å²) in [4.78, 5) is 16.8. The predicted molar refractivity (Wildman–Crippen MR) is 87.8 cm³/mol. The third-order valence-corrected chi connectivity index (χ3v) is 3.78. The van der Waals surface area contributed by atoms with Gasteiger partial charge in [0.1, 0.15) is 6.33 Å². The summed E-state index contributed by atoms with van der Waals surface area (Å²) in [7, 11) is 0. The average Bonchev–Trinajstić information content (AvgIpc) is 3.25. The lowest BCUT2D eigenvalue weighted by Gasteiger charge is -2.01. The number of hydrogen-bond acceptors (Lipinski definition) is 8. The molecule has 23 heavy (non-hydrogen) atoms. The molecule has 0 aliphatic carbocycles. The van der Waals surface area contributed by atoms with E-state index in [1.165, 1.54) is 17.7 Å². The number of rotatable bonds is 4. The van der Waals surface area contributed by atoms with Crippen LogP contribution in [0.5, 0.6) is 0 Å². The molecule has 112 valence electrons. The number of hydrazone groups is 1. The SMILES string of the molecule is C(=N\Nc1ncnc2c1cnn2-c1nccs1)/c1cccnc1. The van der Waals surface area contributed by atoms with E-state index < -0.39 is 0 Å². The summed E-state index contributed by atoms with van der Waals surface area (Å²) >= 11 is 1.49. The number of nitrogens with zero attached hydrogens (tertiary/aromatic N) is 7. The molecule has 0 radical (unpaired) electrons. The average molecular weight is 322 g/mol. The summed E-state index contributed by atoms with van der Waals surface area (Å²) in [6.45, 7) is 0. The van der Waals surface area contributed by atoms with Gasteiger partial charge in [0.25, 0.3) is 0 Å². The molecule has 0 amide bonds. The van der Waals surface area contributed by atoms with Gasteiger partial charge in [-0.2, -0.15) is 14.9 Å². The highest BCUT2D eigenvalue weighted by atomic mass is 32.1. The first-order chi connectivity index (χ1) is 11.4. The molecule has 0 aliphatic rings. The van der Waals surface area contributed by atoms with E-state index in [1.807, 2.05) is 17.5 Å². The Morgan fingerprint density at radius 3 is 3.00 bits per heavy atom. The number of hydrogen-bond donors (Lipinski definition) is 1. The van der Waals surface area contributed by atoms with Crippen LogP contribution >= 0.6 is 11.3 Å². The van der Waals surface area contributed by atoms with E-state index in [0.29, 0.717) is 11.5 Å². The smallest absolute Gasteiger partial charge is 0.212 e. The van der Waals surface area contributed by atoms with Crippen LogP contribution in [0.4, 0.5) is 5.82 Å². The Balaban J connectivity index is 1.65. The first-order valence-corrected chi connectivity index (χ1v) is 7.57. The zero-order valence-corrected chi connectivity index (χ0v) is 12.6. The largest absolute Gasteiger partial charge is 0.264 e. The molecule has 9 heteroatoms. The van der Waals surface area contributed by atoms with E-state index in [9.17, 15) is 0 Å². The van der Waals surface area contributed by atoms with Crippen molar-refractivity contribution in [1.82, 2.24) is 29.7 Å². The second-order valence-electron chi connectivity index (χ2n) is 4.49. The van der Waals surface area contributed by atoms with Crippen LogP contribution in [0.15, 0.2) is 53.7 Å². The van der Waals surface area contributed by atoms with E-state index in [4.69, 9.17) is 0 Å². The number of aromatic nitrogens is 6. The first kappa shape index (κ1) is 13.5. The zero-order valence-electron chi connectivity index (χ0n) is 11.7. The van der Waals surface area contributed by atoms with Gasteiger partial charge in [0.2, 0.25) is 5.13 Å². The zero-order chi connectivity index (χ0) is 15.5. The molecule has 0 aliphatic heterocycles. The Kier molecular flexibility index (Phi) is 3.45. The molecule has 4 heterocycles. The fourth-order valence-electron chi connectivity index (χ4n) is 2.01. The van der Waals surface area contributed by atoms with Crippen LogP contribution in [-0.4, -0.2) is 35.9 Å². The number of fused-ring (bicyclic) bond motifs is 1. The van der Waals surface area contributed by atoms with Crippen LogP contribution in [0.3, 0.4) is 0 Å². The standard InChI is InChI=1S/C14H10N8S/c1-2-10(6-15-3-1)7-19-21-12-11-8-20-22(13(11)18-9-17-12)14-16-4-5-23-14/h1-9H,(H,17,18,21)/b19-7+. The van der Waals surface area contributed by atoms with E-state index >= 15 is 0 Å². The second-order valence-corrected chi connectivity index (χ2v) is 5.36. The molecule has 0 fully saturated rings. The molecular formula is C14H10N8S. The maximum absolute atomic E-state index is 4.32. The van der Waals surface area contributed by atoms with Gasteiger partial charge in [-0.3, -0.25) is 10.4 Å². The van der Waals surface area contributed by atoms with Gasteiger partial charge in [0.05, 0.1) is 17.8 Å². The van der Waals surface area contributed by atoms with Crippen LogP contribution < -0.4 is 5.43 Å². The summed E-state index contributed by atoms with van der Waals surface area (Å²) in [6.07, 6.45) is 10.00. The van der Waals surface area contributed by atoms with Crippen LogP contribution in [-0.2, 0) is 0 Å². The van der Waals surface area contributed by atoms with Gasteiger partial charge in [-0.25, -0.2) is 15.0 Å². The second kappa shape index (κ2) is 5.89. The molecule has 0 bridgehead atoms. The Labute approximate surface area is 134 Å². The summed E-state index contributed by atoms with van der Waals surface area (Å²) in [5.74, 6) is 0.581. The minimum atomic E-state index is 0.581. The van der Waals surface area contributed by atoms with Crippen LogP contribution in [0.25, 0.3) is 16.2 Å². The van der Waals surface area contributed by atoms with Crippen molar-refractivity contribution in [3.63, 3.8) is 0 Å². The Morgan fingerprint density at radius 2 is 2.17 bits per heavy atom. The van der Waals surface area contributed by atoms with Gasteiger partial charge in [-0.1, -0.05) is 6.07 Å². The van der Waals surface area contributed by atoms with Crippen molar-refractivity contribution in [3.8, 4) is 5.13 Å². The maximum Gasteiger partial charge on any atom is 0.212 e. The van der Waals surface area contributed by atoms with Gasteiger partial charge in [-0.15, -0.1) is 11.3 Å². The Hall–Kier alpha value is -3.20. The molecule has 0 saturated carbocycles. The van der Waals surface area contributed by atoms with Crippen molar-refractivity contribution in [1.29, 1.82) is 0 Å². The van der Waals surface area contributed by atoms with Crippen molar-refractivity contribution in [3.05, 3.63) is 54.2 Å². The summed E-state index contributed by atoms with van der Waals surface area (Å²) in [5.41, 5.74) is 4.48. The quantitative estimate of drug-likeness (QED) is 0.457. The van der Waals surface area contributed by atoms with E-state index in [-0.39, 0.29) is 0 Å². The fraction of sp³-hybridized carbons (Fsp3) is 0. The topological polar surface area (TPSA) is 93.8 Å². The van der Waals surface area contributed by atoms with Crippen molar-refractivity contribution < 1.29 is 0 Å². The van der Waals surface area contributed by atoms with Crippen LogP contribution in [0.1, 0.15) is 5.56 Å². The molecule has 4 aromatic rings. The molecule has 1 N–H and O–H groups in total. The van der Waals surface area contributed by atoms with Gasteiger partial charge in [0, 0.05) is 29.5 Å². The normalized spacial score (nSPS) is 11.3. The molecule has 8 nitrogen and oxygen atoms in total. The number of nitrogens with one attached hydrogen (secondary N) is 1. The predicted octanol–water partition coefficient (Wildman–Crippen LogP) is 2.11. The number of thiazole rings is 1. The minimum Gasteiger partial charge on any atom is -0.264 e. The Bertz CT molecular complexity index is 946. The van der Waals surface area contributed by atoms with Gasteiger partial charge < -0.3 is 0 Å². The van der Waals surface area contributed by atoms with Crippen molar-refractivity contribution in [2.45, 2.75) is 0 Å². The minimum absolute atomic E-state index is 0.581. The molecule has 4 rings (SSSR count). The van der Waals surface area contributed by atoms with Crippen molar-refractivity contribution in [2.75, 3.05) is 5.43 Å². The van der Waals surface area contributed by atoms with Gasteiger partial charge >= 0.3 is 0 Å². The lowest BCUT2D eigenvalue weighted by molar-refractivity contribution is 0.884. The molecule has 0 atom stereocenters. The number of anilines is 1. The van der Waals surface area contributed by atoms with Gasteiger partial charge in [-0.05, 0) is 6.07 Å². The van der Waals surface area contributed by atoms with Crippen molar-refractivity contribution >= 4 is 34.4 Å². The van der Waals surface area contributed by atoms with Crippen molar-refractivity contribution in [2.24, 2.45) is 5.10 Å². The highest BCUT2D eigenvalue weighted by Gasteiger charge is 2.11. The molecule has 4 aromatic heterocycles. The maximum atomic E-state index is 4.32. The van der Waals surface area contributed by atoms with E-state index in [2.05, 4.69) is 35.6 Å². The third-order valence-electron chi connectivity index (χ3n) is 3.03.